The molecule has 0 aliphatic carbocycles. The number of H-pyrrole nitrogens is 1. The quantitative estimate of drug-likeness (QED) is 0.521. The Morgan fingerprint density at radius 2 is 2.14 bits per heavy atom. The maximum atomic E-state index is 12.9. The first-order valence-corrected chi connectivity index (χ1v) is 7.43. The number of alkyl halides is 1. The van der Waals surface area contributed by atoms with Crippen LogP contribution in [0.25, 0.3) is 0 Å². The maximum Gasteiger partial charge on any atom is 0.330 e. The molecule has 2 rings (SSSR count). The maximum absolute atomic E-state index is 12.9. The first kappa shape index (κ1) is 16.2. The summed E-state index contributed by atoms with van der Waals surface area (Å²) in [4.78, 5) is 25.4. The van der Waals surface area contributed by atoms with E-state index in [1.807, 2.05) is 0 Å². The molecule has 118 valence electrons. The SMILES string of the molecule is CSCc1cn([C@@H]2O[C@H](C(O)F)[C@@H](O)[C@H]2O)c(=O)[nH]c1=O. The topological polar surface area (TPSA) is 125 Å². The second-order valence-corrected chi connectivity index (χ2v) is 5.47. The summed E-state index contributed by atoms with van der Waals surface area (Å²) in [6.07, 6.45) is -5.96. The number of hydrogen-bond donors (Lipinski definition) is 4. The number of rotatable bonds is 4. The number of aromatic nitrogens is 2. The minimum absolute atomic E-state index is 0.261. The van der Waals surface area contributed by atoms with Crippen LogP contribution in [0.2, 0.25) is 0 Å². The average molecular weight is 322 g/mol. The molecule has 0 aromatic carbocycles. The first-order valence-electron chi connectivity index (χ1n) is 6.03. The van der Waals surface area contributed by atoms with Crippen LogP contribution in [0.3, 0.4) is 0 Å². The van der Waals surface area contributed by atoms with Gasteiger partial charge in [0.1, 0.15) is 18.3 Å². The summed E-state index contributed by atoms with van der Waals surface area (Å²) in [7, 11) is 0. The van der Waals surface area contributed by atoms with Gasteiger partial charge in [-0.05, 0) is 6.26 Å². The normalized spacial score (nSPS) is 30.5. The lowest BCUT2D eigenvalue weighted by molar-refractivity contribution is -0.131. The highest BCUT2D eigenvalue weighted by Gasteiger charge is 2.47. The van der Waals surface area contributed by atoms with E-state index in [1.165, 1.54) is 18.0 Å². The zero-order chi connectivity index (χ0) is 15.7. The number of nitrogens with zero attached hydrogens (tertiary/aromatic N) is 1. The van der Waals surface area contributed by atoms with E-state index < -0.39 is 42.1 Å². The minimum Gasteiger partial charge on any atom is -0.387 e. The molecule has 10 heteroatoms. The molecule has 0 radical (unpaired) electrons. The van der Waals surface area contributed by atoms with Crippen LogP contribution in [0.5, 0.6) is 0 Å². The van der Waals surface area contributed by atoms with E-state index in [1.54, 1.807) is 6.26 Å². The van der Waals surface area contributed by atoms with Gasteiger partial charge in [-0.1, -0.05) is 0 Å². The van der Waals surface area contributed by atoms with E-state index >= 15 is 0 Å². The van der Waals surface area contributed by atoms with Crippen molar-refractivity contribution in [2.75, 3.05) is 6.26 Å². The van der Waals surface area contributed by atoms with Gasteiger partial charge in [0.05, 0.1) is 0 Å². The third-order valence-corrected chi connectivity index (χ3v) is 3.76. The first-order chi connectivity index (χ1) is 9.86. The van der Waals surface area contributed by atoms with Crippen LogP contribution < -0.4 is 11.2 Å². The predicted octanol–water partition coefficient (Wildman–Crippen LogP) is -1.69. The van der Waals surface area contributed by atoms with Crippen molar-refractivity contribution in [1.82, 2.24) is 9.55 Å². The molecule has 1 saturated heterocycles. The Bertz CT molecular complexity index is 617. The molecule has 0 saturated carbocycles. The molecular weight excluding hydrogens is 307 g/mol. The number of thioether (sulfide) groups is 1. The lowest BCUT2D eigenvalue weighted by Gasteiger charge is -2.17. The zero-order valence-electron chi connectivity index (χ0n) is 11.0. The Hall–Kier alpha value is -1.20. The Labute approximate surface area is 122 Å². The molecule has 1 aromatic heterocycles. The van der Waals surface area contributed by atoms with Gasteiger partial charge in [-0.3, -0.25) is 14.3 Å². The number of aromatic amines is 1. The molecule has 8 nitrogen and oxygen atoms in total. The highest BCUT2D eigenvalue weighted by molar-refractivity contribution is 7.97. The van der Waals surface area contributed by atoms with Gasteiger partial charge < -0.3 is 20.1 Å². The molecule has 0 bridgehead atoms. The fourth-order valence-corrected chi connectivity index (χ4v) is 2.63. The number of nitrogens with one attached hydrogen (secondary N) is 1. The number of ether oxygens (including phenoxy) is 1. The van der Waals surface area contributed by atoms with Crippen molar-refractivity contribution < 1.29 is 24.4 Å². The van der Waals surface area contributed by atoms with Crippen molar-refractivity contribution in [2.45, 2.75) is 36.7 Å². The van der Waals surface area contributed by atoms with Crippen LogP contribution in [0.1, 0.15) is 11.8 Å². The van der Waals surface area contributed by atoms with Crippen molar-refractivity contribution in [1.29, 1.82) is 0 Å². The van der Waals surface area contributed by atoms with Crippen molar-refractivity contribution in [3.8, 4) is 0 Å². The van der Waals surface area contributed by atoms with Gasteiger partial charge in [0, 0.05) is 17.5 Å². The Morgan fingerprint density at radius 3 is 2.67 bits per heavy atom. The smallest absolute Gasteiger partial charge is 0.330 e. The summed E-state index contributed by atoms with van der Waals surface area (Å²) < 4.78 is 18.8. The van der Waals surface area contributed by atoms with Crippen LogP contribution in [0, 0.1) is 0 Å². The summed E-state index contributed by atoms with van der Waals surface area (Å²) in [6, 6.07) is 0. The van der Waals surface area contributed by atoms with Gasteiger partial charge >= 0.3 is 5.69 Å². The third-order valence-electron chi connectivity index (χ3n) is 3.16. The molecule has 1 aliphatic heterocycles. The molecule has 0 spiro atoms. The fraction of sp³-hybridized carbons (Fsp3) is 0.636. The highest BCUT2D eigenvalue weighted by Crippen LogP contribution is 2.30. The number of hydrogen-bond acceptors (Lipinski definition) is 7. The number of aliphatic hydroxyl groups is 3. The van der Waals surface area contributed by atoms with Gasteiger partial charge in [0.15, 0.2) is 6.23 Å². The fourth-order valence-electron chi connectivity index (χ4n) is 2.12. The van der Waals surface area contributed by atoms with Gasteiger partial charge in [-0.25, -0.2) is 9.18 Å². The Balaban J connectivity index is 2.40. The van der Waals surface area contributed by atoms with Crippen LogP contribution in [0.15, 0.2) is 15.8 Å². The molecule has 1 fully saturated rings. The van der Waals surface area contributed by atoms with Crippen molar-refractivity contribution >= 4 is 11.8 Å². The van der Waals surface area contributed by atoms with Gasteiger partial charge in [0.25, 0.3) is 5.56 Å². The molecule has 4 N–H and O–H groups in total. The van der Waals surface area contributed by atoms with E-state index in [2.05, 4.69) is 4.98 Å². The number of aliphatic hydroxyl groups excluding tert-OH is 3. The van der Waals surface area contributed by atoms with E-state index in [-0.39, 0.29) is 5.56 Å². The lowest BCUT2D eigenvalue weighted by atomic mass is 10.1. The molecule has 5 atom stereocenters. The second kappa shape index (κ2) is 6.28. The predicted molar refractivity (Wildman–Crippen MR) is 71.6 cm³/mol. The van der Waals surface area contributed by atoms with Crippen LogP contribution in [-0.2, 0) is 10.5 Å². The van der Waals surface area contributed by atoms with Gasteiger partial charge in [-0.2, -0.15) is 11.8 Å². The van der Waals surface area contributed by atoms with Crippen molar-refractivity contribution in [2.24, 2.45) is 0 Å². The molecule has 0 amide bonds. The Morgan fingerprint density at radius 1 is 1.48 bits per heavy atom. The molecule has 2 heterocycles. The molecule has 1 unspecified atom stereocenters. The minimum atomic E-state index is -2.51. The van der Waals surface area contributed by atoms with Gasteiger partial charge in [-0.15, -0.1) is 0 Å². The van der Waals surface area contributed by atoms with Gasteiger partial charge in [0.2, 0.25) is 6.36 Å². The summed E-state index contributed by atoms with van der Waals surface area (Å²) in [5, 5.41) is 28.3. The summed E-state index contributed by atoms with van der Waals surface area (Å²) >= 11 is 1.34. The zero-order valence-corrected chi connectivity index (χ0v) is 11.8. The standard InChI is InChI=1S/C11H15FN2O6S/c1-21-3-4-2-14(11(19)13-9(4)18)10-6(16)5(15)7(20-10)8(12)17/h2,5-8,10,15-17H,3H2,1H3,(H,13,18,19)/t5-,6+,7-,8?,10+/m0/s1. The summed E-state index contributed by atoms with van der Waals surface area (Å²) in [6.45, 7) is 0. The van der Waals surface area contributed by atoms with E-state index in [0.717, 1.165) is 4.57 Å². The molecule has 21 heavy (non-hydrogen) atoms. The van der Waals surface area contributed by atoms with Crippen LogP contribution in [-0.4, -0.2) is 55.8 Å². The third kappa shape index (κ3) is 3.04. The summed E-state index contributed by atoms with van der Waals surface area (Å²) in [5.41, 5.74) is -1.17. The summed E-state index contributed by atoms with van der Waals surface area (Å²) in [5.74, 6) is 0.316. The monoisotopic (exact) mass is 322 g/mol. The van der Waals surface area contributed by atoms with E-state index in [0.29, 0.717) is 5.75 Å². The van der Waals surface area contributed by atoms with Crippen LogP contribution >= 0.6 is 11.8 Å². The largest absolute Gasteiger partial charge is 0.387 e. The Kier molecular flexibility index (Phi) is 4.84. The molecule has 1 aromatic rings. The van der Waals surface area contributed by atoms with E-state index in [4.69, 9.17) is 9.84 Å². The van der Waals surface area contributed by atoms with Crippen LogP contribution in [0.4, 0.5) is 4.39 Å². The molecule has 1 aliphatic rings. The lowest BCUT2D eigenvalue weighted by Crippen LogP contribution is -2.39. The highest BCUT2D eigenvalue weighted by atomic mass is 32.2. The number of halogens is 1. The molecular formula is C11H15FN2O6S. The van der Waals surface area contributed by atoms with Crippen molar-refractivity contribution in [3.05, 3.63) is 32.6 Å². The second-order valence-electron chi connectivity index (χ2n) is 4.60. The van der Waals surface area contributed by atoms with Crippen molar-refractivity contribution in [3.63, 3.8) is 0 Å². The van der Waals surface area contributed by atoms with E-state index in [9.17, 15) is 24.2 Å². The average Bonchev–Trinajstić information content (AvgIpc) is 2.70.